The van der Waals surface area contributed by atoms with Gasteiger partial charge in [0, 0.05) is 19.3 Å². The molecule has 106 valence electrons. The zero-order valence-corrected chi connectivity index (χ0v) is 11.9. The molecule has 1 N–H and O–H groups in total. The number of carbonyl (C=O) groups excluding carboxylic acids is 1. The summed E-state index contributed by atoms with van der Waals surface area (Å²) in [5.41, 5.74) is 1.19. The van der Waals surface area contributed by atoms with Crippen LogP contribution in [0, 0.1) is 0 Å². The third kappa shape index (κ3) is 3.56. The zero-order chi connectivity index (χ0) is 14.6. The second kappa shape index (κ2) is 6.36. The molecule has 0 fully saturated rings. The number of nitrogens with zero attached hydrogens (tertiary/aromatic N) is 3. The van der Waals surface area contributed by atoms with E-state index in [1.54, 1.807) is 17.9 Å². The normalized spacial score (nSPS) is 12.2. The van der Waals surface area contributed by atoms with E-state index < -0.39 is 5.97 Å². The lowest BCUT2D eigenvalue weighted by atomic mass is 10.1. The Morgan fingerprint density at radius 1 is 1.47 bits per heavy atom. The Labute approximate surface area is 113 Å². The van der Waals surface area contributed by atoms with Gasteiger partial charge in [0.25, 0.3) is 5.91 Å². The highest BCUT2D eigenvalue weighted by molar-refractivity contribution is 5.96. The fourth-order valence-corrected chi connectivity index (χ4v) is 1.92. The van der Waals surface area contributed by atoms with Gasteiger partial charge in [0.15, 0.2) is 0 Å². The van der Waals surface area contributed by atoms with Crippen molar-refractivity contribution in [3.8, 4) is 0 Å². The fraction of sp³-hybridized carbons (Fsp3) is 0.615. The molecule has 0 aliphatic heterocycles. The standard InChI is InChI=1S/C13H21N3O3/c1-5-9(3)16(8-12(17)18)13(19)10-7-15(4)14-11(10)6-2/h7,9H,5-6,8H2,1-4H3,(H,17,18). The fourth-order valence-electron chi connectivity index (χ4n) is 1.92. The molecule has 0 aliphatic carbocycles. The van der Waals surface area contributed by atoms with Crippen LogP contribution in [0.3, 0.4) is 0 Å². The van der Waals surface area contributed by atoms with Gasteiger partial charge in [-0.15, -0.1) is 0 Å². The number of carbonyl (C=O) groups is 2. The second-order valence-electron chi connectivity index (χ2n) is 4.60. The summed E-state index contributed by atoms with van der Waals surface area (Å²) in [4.78, 5) is 24.8. The summed E-state index contributed by atoms with van der Waals surface area (Å²) < 4.78 is 1.58. The van der Waals surface area contributed by atoms with Crippen molar-refractivity contribution in [3.05, 3.63) is 17.5 Å². The van der Waals surface area contributed by atoms with E-state index in [-0.39, 0.29) is 18.5 Å². The summed E-state index contributed by atoms with van der Waals surface area (Å²) in [6.45, 7) is 5.41. The summed E-state index contributed by atoms with van der Waals surface area (Å²) in [5.74, 6) is -1.27. The van der Waals surface area contributed by atoms with Crippen LogP contribution in [0.1, 0.15) is 43.2 Å². The number of hydrogen-bond acceptors (Lipinski definition) is 3. The molecule has 1 rings (SSSR count). The van der Waals surface area contributed by atoms with Gasteiger partial charge in [-0.1, -0.05) is 13.8 Å². The molecule has 0 radical (unpaired) electrons. The molecule has 0 saturated heterocycles. The molecule has 1 aromatic rings. The number of carboxylic acid groups (broad SMARTS) is 1. The topological polar surface area (TPSA) is 75.4 Å². The van der Waals surface area contributed by atoms with Gasteiger partial charge in [-0.2, -0.15) is 5.10 Å². The van der Waals surface area contributed by atoms with E-state index in [9.17, 15) is 9.59 Å². The van der Waals surface area contributed by atoms with E-state index >= 15 is 0 Å². The number of amides is 1. The Bertz CT molecular complexity index is 468. The monoisotopic (exact) mass is 267 g/mol. The molecule has 1 heterocycles. The lowest BCUT2D eigenvalue weighted by molar-refractivity contribution is -0.138. The number of aromatic nitrogens is 2. The number of aryl methyl sites for hydroxylation is 2. The molecular weight excluding hydrogens is 246 g/mol. The predicted molar refractivity (Wildman–Crippen MR) is 71.0 cm³/mol. The van der Waals surface area contributed by atoms with Crippen LogP contribution in [0.2, 0.25) is 0 Å². The molecule has 19 heavy (non-hydrogen) atoms. The summed E-state index contributed by atoms with van der Waals surface area (Å²) in [5, 5.41) is 13.2. The molecule has 6 heteroatoms. The minimum atomic E-state index is -1.00. The maximum atomic E-state index is 12.5. The van der Waals surface area contributed by atoms with Gasteiger partial charge in [0.05, 0.1) is 11.3 Å². The average molecular weight is 267 g/mol. The van der Waals surface area contributed by atoms with Crippen LogP contribution in [-0.4, -0.2) is 44.3 Å². The Morgan fingerprint density at radius 2 is 2.11 bits per heavy atom. The van der Waals surface area contributed by atoms with Crippen LogP contribution < -0.4 is 0 Å². The van der Waals surface area contributed by atoms with E-state index in [2.05, 4.69) is 5.10 Å². The third-order valence-corrected chi connectivity index (χ3v) is 3.16. The predicted octanol–water partition coefficient (Wildman–Crippen LogP) is 1.31. The summed E-state index contributed by atoms with van der Waals surface area (Å²) >= 11 is 0. The molecule has 1 atom stereocenters. The Hall–Kier alpha value is -1.85. The minimum absolute atomic E-state index is 0.117. The molecule has 0 aromatic carbocycles. The summed E-state index contributed by atoms with van der Waals surface area (Å²) in [6, 6.07) is -0.117. The molecule has 1 amide bonds. The van der Waals surface area contributed by atoms with Crippen molar-refractivity contribution in [1.29, 1.82) is 0 Å². The van der Waals surface area contributed by atoms with E-state index in [0.29, 0.717) is 24.1 Å². The minimum Gasteiger partial charge on any atom is -0.480 e. The second-order valence-corrected chi connectivity index (χ2v) is 4.60. The van der Waals surface area contributed by atoms with Crippen molar-refractivity contribution in [3.63, 3.8) is 0 Å². The van der Waals surface area contributed by atoms with Crippen molar-refractivity contribution in [2.75, 3.05) is 6.54 Å². The van der Waals surface area contributed by atoms with Crippen LogP contribution in [0.5, 0.6) is 0 Å². The van der Waals surface area contributed by atoms with Crippen LogP contribution in [0.25, 0.3) is 0 Å². The number of aliphatic carboxylic acids is 1. The largest absolute Gasteiger partial charge is 0.480 e. The maximum absolute atomic E-state index is 12.5. The molecule has 0 bridgehead atoms. The first-order valence-electron chi connectivity index (χ1n) is 6.45. The Morgan fingerprint density at radius 3 is 2.58 bits per heavy atom. The van der Waals surface area contributed by atoms with Gasteiger partial charge in [-0.05, 0) is 19.8 Å². The molecule has 0 saturated carbocycles. The molecule has 1 aromatic heterocycles. The zero-order valence-electron chi connectivity index (χ0n) is 11.9. The highest BCUT2D eigenvalue weighted by atomic mass is 16.4. The lowest BCUT2D eigenvalue weighted by Crippen LogP contribution is -2.42. The Kier molecular flexibility index (Phi) is 5.09. The van der Waals surface area contributed by atoms with Crippen LogP contribution in [0.15, 0.2) is 6.20 Å². The first kappa shape index (κ1) is 15.2. The first-order chi connectivity index (χ1) is 8.90. The lowest BCUT2D eigenvalue weighted by Gasteiger charge is -2.26. The third-order valence-electron chi connectivity index (χ3n) is 3.16. The summed E-state index contributed by atoms with van der Waals surface area (Å²) in [7, 11) is 1.75. The van der Waals surface area contributed by atoms with Crippen molar-refractivity contribution < 1.29 is 14.7 Å². The highest BCUT2D eigenvalue weighted by Gasteiger charge is 2.25. The highest BCUT2D eigenvalue weighted by Crippen LogP contribution is 2.14. The van der Waals surface area contributed by atoms with Crippen molar-refractivity contribution >= 4 is 11.9 Å². The number of carboxylic acids is 1. The van der Waals surface area contributed by atoms with E-state index in [1.165, 1.54) is 4.90 Å². The van der Waals surface area contributed by atoms with Crippen LogP contribution in [-0.2, 0) is 18.3 Å². The van der Waals surface area contributed by atoms with Crippen LogP contribution in [0.4, 0.5) is 0 Å². The smallest absolute Gasteiger partial charge is 0.323 e. The Balaban J connectivity index is 3.07. The van der Waals surface area contributed by atoms with Gasteiger partial charge < -0.3 is 10.0 Å². The molecular formula is C13H21N3O3. The van der Waals surface area contributed by atoms with Crippen molar-refractivity contribution in [1.82, 2.24) is 14.7 Å². The van der Waals surface area contributed by atoms with Gasteiger partial charge in [-0.3, -0.25) is 14.3 Å². The molecule has 6 nitrogen and oxygen atoms in total. The van der Waals surface area contributed by atoms with Gasteiger partial charge >= 0.3 is 5.97 Å². The molecule has 0 aliphatic rings. The summed E-state index contributed by atoms with van der Waals surface area (Å²) in [6.07, 6.45) is 3.00. The quantitative estimate of drug-likeness (QED) is 0.843. The van der Waals surface area contributed by atoms with Crippen LogP contribution >= 0.6 is 0 Å². The number of rotatable bonds is 6. The van der Waals surface area contributed by atoms with E-state index in [1.807, 2.05) is 20.8 Å². The molecule has 0 spiro atoms. The first-order valence-corrected chi connectivity index (χ1v) is 6.45. The van der Waals surface area contributed by atoms with Gasteiger partial charge in [-0.25, -0.2) is 0 Å². The SMILES string of the molecule is CCc1nn(C)cc1C(=O)N(CC(=O)O)C(C)CC. The molecule has 1 unspecified atom stereocenters. The average Bonchev–Trinajstić information content (AvgIpc) is 2.75. The van der Waals surface area contributed by atoms with Gasteiger partial charge in [0.2, 0.25) is 0 Å². The van der Waals surface area contributed by atoms with Gasteiger partial charge in [0.1, 0.15) is 6.54 Å². The van der Waals surface area contributed by atoms with Crippen molar-refractivity contribution in [2.24, 2.45) is 7.05 Å². The van der Waals surface area contributed by atoms with Crippen molar-refractivity contribution in [2.45, 2.75) is 39.7 Å². The van der Waals surface area contributed by atoms with E-state index in [4.69, 9.17) is 5.11 Å². The van der Waals surface area contributed by atoms with E-state index in [0.717, 1.165) is 0 Å². The number of hydrogen-bond donors (Lipinski definition) is 1. The maximum Gasteiger partial charge on any atom is 0.323 e.